The molecule has 0 aromatic heterocycles. The highest BCUT2D eigenvalue weighted by Gasteiger charge is 2.05. The van der Waals surface area contributed by atoms with E-state index in [1.165, 1.54) is 18.2 Å². The zero-order chi connectivity index (χ0) is 15.9. The number of rotatable bonds is 6. The summed E-state index contributed by atoms with van der Waals surface area (Å²) in [6, 6.07) is 11.6. The summed E-state index contributed by atoms with van der Waals surface area (Å²) in [5.74, 6) is 1.30. The first-order valence-corrected chi connectivity index (χ1v) is 6.96. The van der Waals surface area contributed by atoms with E-state index >= 15 is 0 Å². The van der Waals surface area contributed by atoms with Crippen molar-refractivity contribution in [1.82, 2.24) is 0 Å². The summed E-state index contributed by atoms with van der Waals surface area (Å²) in [5, 5.41) is 9.22. The van der Waals surface area contributed by atoms with E-state index in [-0.39, 0.29) is 11.5 Å². The second-order valence-corrected chi connectivity index (χ2v) is 4.59. The first kappa shape index (κ1) is 15.6. The quantitative estimate of drug-likeness (QED) is 0.652. The molecule has 4 heteroatoms. The van der Waals surface area contributed by atoms with Crippen LogP contribution in [0, 0.1) is 0 Å². The topological polar surface area (TPSA) is 55.8 Å². The molecule has 2 rings (SSSR count). The summed E-state index contributed by atoms with van der Waals surface area (Å²) < 4.78 is 10.7. The van der Waals surface area contributed by atoms with Crippen molar-refractivity contribution in [1.29, 1.82) is 0 Å². The fourth-order valence-corrected chi connectivity index (χ4v) is 1.96. The van der Waals surface area contributed by atoms with E-state index in [0.717, 1.165) is 5.56 Å². The van der Waals surface area contributed by atoms with Crippen molar-refractivity contribution in [3.05, 3.63) is 59.7 Å². The number of phenolic OH excluding ortho intramolecular Hbond substituents is 1. The Labute approximate surface area is 129 Å². The van der Waals surface area contributed by atoms with E-state index in [0.29, 0.717) is 23.7 Å². The molecule has 0 saturated heterocycles. The average Bonchev–Trinajstić information content (AvgIpc) is 2.54. The summed E-state index contributed by atoms with van der Waals surface area (Å²) >= 11 is 0. The highest BCUT2D eigenvalue weighted by atomic mass is 16.5. The van der Waals surface area contributed by atoms with Crippen LogP contribution in [0.15, 0.2) is 48.5 Å². The van der Waals surface area contributed by atoms with Gasteiger partial charge < -0.3 is 14.6 Å². The van der Waals surface area contributed by atoms with Gasteiger partial charge in [-0.05, 0) is 55.0 Å². The van der Waals surface area contributed by atoms with Gasteiger partial charge in [-0.2, -0.15) is 0 Å². The molecule has 1 N–H and O–H groups in total. The van der Waals surface area contributed by atoms with Gasteiger partial charge in [0, 0.05) is 5.56 Å². The molecule has 0 saturated carbocycles. The summed E-state index contributed by atoms with van der Waals surface area (Å²) in [5.41, 5.74) is 1.36. The maximum Gasteiger partial charge on any atom is 0.185 e. The Morgan fingerprint density at radius 1 is 1.14 bits per heavy atom. The van der Waals surface area contributed by atoms with Gasteiger partial charge >= 0.3 is 0 Å². The minimum absolute atomic E-state index is 0.132. The lowest BCUT2D eigenvalue weighted by atomic mass is 10.1. The molecule has 0 radical (unpaired) electrons. The third-order valence-corrected chi connectivity index (χ3v) is 3.07. The number of ether oxygens (including phenoxy) is 2. The van der Waals surface area contributed by atoms with Gasteiger partial charge in [0.15, 0.2) is 17.3 Å². The van der Waals surface area contributed by atoms with Gasteiger partial charge in [0.2, 0.25) is 0 Å². The number of carbonyl (C=O) groups is 1. The third kappa shape index (κ3) is 3.88. The number of benzene rings is 2. The van der Waals surface area contributed by atoms with Gasteiger partial charge in [-0.15, -0.1) is 0 Å². The largest absolute Gasteiger partial charge is 0.508 e. The SMILES string of the molecule is CCOc1ccc(C=CC(=O)c2ccc(O)cc2)cc1OC. The molecule has 0 aliphatic carbocycles. The average molecular weight is 298 g/mol. The van der Waals surface area contributed by atoms with Crippen LogP contribution >= 0.6 is 0 Å². The van der Waals surface area contributed by atoms with Crippen molar-refractivity contribution >= 4 is 11.9 Å². The van der Waals surface area contributed by atoms with Crippen molar-refractivity contribution in [2.45, 2.75) is 6.92 Å². The first-order valence-electron chi connectivity index (χ1n) is 6.96. The highest BCUT2D eigenvalue weighted by molar-refractivity contribution is 6.06. The normalized spacial score (nSPS) is 10.6. The highest BCUT2D eigenvalue weighted by Crippen LogP contribution is 2.28. The molecule has 0 atom stereocenters. The zero-order valence-corrected chi connectivity index (χ0v) is 12.6. The summed E-state index contributed by atoms with van der Waals surface area (Å²) in [7, 11) is 1.58. The van der Waals surface area contributed by atoms with Gasteiger partial charge in [-0.1, -0.05) is 12.1 Å². The van der Waals surface area contributed by atoms with Crippen molar-refractivity contribution in [2.24, 2.45) is 0 Å². The van der Waals surface area contributed by atoms with Crippen LogP contribution in [0.1, 0.15) is 22.8 Å². The number of phenols is 1. The second-order valence-electron chi connectivity index (χ2n) is 4.59. The van der Waals surface area contributed by atoms with E-state index in [4.69, 9.17) is 9.47 Å². The predicted octanol–water partition coefficient (Wildman–Crippen LogP) is 3.70. The fourth-order valence-electron chi connectivity index (χ4n) is 1.96. The minimum atomic E-state index is -0.132. The first-order chi connectivity index (χ1) is 10.6. The van der Waals surface area contributed by atoms with Crippen molar-refractivity contribution < 1.29 is 19.4 Å². The smallest absolute Gasteiger partial charge is 0.185 e. The van der Waals surface area contributed by atoms with E-state index < -0.39 is 0 Å². The monoisotopic (exact) mass is 298 g/mol. The number of methoxy groups -OCH3 is 1. The lowest BCUT2D eigenvalue weighted by molar-refractivity contribution is 0.104. The Morgan fingerprint density at radius 2 is 1.86 bits per heavy atom. The Hall–Kier alpha value is -2.75. The Kier molecular flexibility index (Phi) is 5.20. The van der Waals surface area contributed by atoms with E-state index in [2.05, 4.69) is 0 Å². The van der Waals surface area contributed by atoms with Crippen molar-refractivity contribution in [3.63, 3.8) is 0 Å². The number of aromatic hydroxyl groups is 1. The van der Waals surface area contributed by atoms with Crippen LogP contribution < -0.4 is 9.47 Å². The molecule has 114 valence electrons. The summed E-state index contributed by atoms with van der Waals surface area (Å²) in [6.07, 6.45) is 3.20. The van der Waals surface area contributed by atoms with Gasteiger partial charge in [-0.25, -0.2) is 0 Å². The number of allylic oxidation sites excluding steroid dienone is 1. The molecule has 2 aromatic rings. The van der Waals surface area contributed by atoms with Crippen LogP contribution in [0.2, 0.25) is 0 Å². The molecule has 0 amide bonds. The predicted molar refractivity (Wildman–Crippen MR) is 85.6 cm³/mol. The second kappa shape index (κ2) is 7.31. The van der Waals surface area contributed by atoms with Crippen LogP contribution in [-0.4, -0.2) is 24.6 Å². The van der Waals surface area contributed by atoms with Gasteiger partial charge in [-0.3, -0.25) is 4.79 Å². The molecule has 0 spiro atoms. The minimum Gasteiger partial charge on any atom is -0.508 e. The van der Waals surface area contributed by atoms with Crippen molar-refractivity contribution in [2.75, 3.05) is 13.7 Å². The van der Waals surface area contributed by atoms with E-state index in [1.54, 1.807) is 25.3 Å². The van der Waals surface area contributed by atoms with Gasteiger partial charge in [0.1, 0.15) is 5.75 Å². The Morgan fingerprint density at radius 3 is 2.50 bits per heavy atom. The lowest BCUT2D eigenvalue weighted by Gasteiger charge is -2.09. The lowest BCUT2D eigenvalue weighted by Crippen LogP contribution is -1.96. The molecule has 0 unspecified atom stereocenters. The molecule has 4 nitrogen and oxygen atoms in total. The maximum atomic E-state index is 12.0. The fraction of sp³-hybridized carbons (Fsp3) is 0.167. The molecule has 2 aromatic carbocycles. The third-order valence-electron chi connectivity index (χ3n) is 3.07. The van der Waals surface area contributed by atoms with Crippen LogP contribution in [-0.2, 0) is 0 Å². The maximum absolute atomic E-state index is 12.0. The van der Waals surface area contributed by atoms with E-state index in [9.17, 15) is 9.90 Å². The summed E-state index contributed by atoms with van der Waals surface area (Å²) in [4.78, 5) is 12.0. The molecule has 0 bridgehead atoms. The molecule has 0 aliphatic rings. The van der Waals surface area contributed by atoms with E-state index in [1.807, 2.05) is 25.1 Å². The van der Waals surface area contributed by atoms with Gasteiger partial charge in [0.05, 0.1) is 13.7 Å². The molecule has 0 aliphatic heterocycles. The molecule has 22 heavy (non-hydrogen) atoms. The standard InChI is InChI=1S/C18H18O4/c1-3-22-17-11-5-13(12-18(17)21-2)4-10-16(20)14-6-8-15(19)9-7-14/h4-12,19H,3H2,1-2H3. The molecule has 0 fully saturated rings. The molecular formula is C18H18O4. The van der Waals surface area contributed by atoms with Crippen molar-refractivity contribution in [3.8, 4) is 17.2 Å². The summed E-state index contributed by atoms with van der Waals surface area (Å²) in [6.45, 7) is 2.47. The number of ketones is 1. The molecule has 0 heterocycles. The number of hydrogen-bond donors (Lipinski definition) is 1. The van der Waals surface area contributed by atoms with Crippen LogP contribution in [0.3, 0.4) is 0 Å². The Balaban J connectivity index is 2.15. The van der Waals surface area contributed by atoms with Crippen LogP contribution in [0.4, 0.5) is 0 Å². The van der Waals surface area contributed by atoms with Crippen LogP contribution in [0.25, 0.3) is 6.08 Å². The zero-order valence-electron chi connectivity index (χ0n) is 12.6. The number of hydrogen-bond acceptors (Lipinski definition) is 4. The van der Waals surface area contributed by atoms with Crippen LogP contribution in [0.5, 0.6) is 17.2 Å². The van der Waals surface area contributed by atoms with Gasteiger partial charge in [0.25, 0.3) is 0 Å². The number of carbonyl (C=O) groups excluding carboxylic acids is 1. The Bertz CT molecular complexity index is 672. The molecular weight excluding hydrogens is 280 g/mol.